The van der Waals surface area contributed by atoms with Crippen molar-refractivity contribution in [3.05, 3.63) is 60.3 Å². The summed E-state index contributed by atoms with van der Waals surface area (Å²) in [6, 6.07) is 0. The second-order valence-electron chi connectivity index (χ2n) is 17.6. The van der Waals surface area contributed by atoms with Crippen molar-refractivity contribution in [2.75, 3.05) is 0 Å². The van der Waals surface area contributed by atoms with Crippen molar-refractivity contribution in [1.82, 2.24) is 0 Å². The summed E-state index contributed by atoms with van der Waals surface area (Å²) < 4.78 is 0. The number of hydrogen-bond acceptors (Lipinski definition) is 2. The molecular weight excluding hydrogens is 613 g/mol. The van der Waals surface area contributed by atoms with Crippen LogP contribution in [0.2, 0.25) is 0 Å². The molecule has 0 spiro atoms. The molecule has 50 heavy (non-hydrogen) atoms. The molecule has 0 bridgehead atoms. The van der Waals surface area contributed by atoms with Gasteiger partial charge in [-0.05, 0) is 143 Å². The zero-order chi connectivity index (χ0) is 36.4. The Morgan fingerprint density at radius 3 is 2.06 bits per heavy atom. The fourth-order valence-corrected chi connectivity index (χ4v) is 10.6. The lowest BCUT2D eigenvalue weighted by Crippen LogP contribution is -2.50. The second-order valence-corrected chi connectivity index (χ2v) is 17.6. The SMILES string of the molecule is CC(C)CCCC(C)[C@H]1CC[C@H]2[C@@H]3CC=C4C[C@@H](O)CC[C@]4(C)[C@H]3CC[C@]12C.CCCCC/C=C\C/C=C\C/C=C\C/C=C\CCCC(=O)O. The van der Waals surface area contributed by atoms with Crippen molar-refractivity contribution in [2.45, 2.75) is 182 Å². The number of carbonyl (C=O) groups is 1. The van der Waals surface area contributed by atoms with Crippen LogP contribution >= 0.6 is 0 Å². The average molecular weight is 691 g/mol. The molecule has 0 aromatic carbocycles. The highest BCUT2D eigenvalue weighted by molar-refractivity contribution is 5.66. The van der Waals surface area contributed by atoms with Gasteiger partial charge in [0.25, 0.3) is 0 Å². The van der Waals surface area contributed by atoms with E-state index in [0.717, 1.165) is 80.5 Å². The summed E-state index contributed by atoms with van der Waals surface area (Å²) in [4.78, 5) is 10.3. The summed E-state index contributed by atoms with van der Waals surface area (Å²) in [6.45, 7) is 14.8. The maximum atomic E-state index is 10.3. The Bertz CT molecular complexity index is 1130. The molecule has 3 fully saturated rings. The maximum Gasteiger partial charge on any atom is 0.303 e. The van der Waals surface area contributed by atoms with Crippen LogP contribution in [0.5, 0.6) is 0 Å². The summed E-state index contributed by atoms with van der Waals surface area (Å²) in [5.41, 5.74) is 2.60. The van der Waals surface area contributed by atoms with Crippen LogP contribution in [0, 0.1) is 46.3 Å². The van der Waals surface area contributed by atoms with E-state index < -0.39 is 5.97 Å². The summed E-state index contributed by atoms with van der Waals surface area (Å²) in [7, 11) is 0. The molecule has 0 aromatic rings. The topological polar surface area (TPSA) is 57.5 Å². The lowest BCUT2D eigenvalue weighted by molar-refractivity contribution is -0.137. The lowest BCUT2D eigenvalue weighted by atomic mass is 9.47. The minimum Gasteiger partial charge on any atom is -0.481 e. The zero-order valence-electron chi connectivity index (χ0n) is 33.4. The highest BCUT2D eigenvalue weighted by Crippen LogP contribution is 2.67. The first-order chi connectivity index (χ1) is 24.0. The molecule has 1 unspecified atom stereocenters. The average Bonchev–Trinajstić information content (AvgIpc) is 3.44. The van der Waals surface area contributed by atoms with E-state index in [2.05, 4.69) is 96.2 Å². The van der Waals surface area contributed by atoms with Gasteiger partial charge < -0.3 is 10.2 Å². The first-order valence-corrected chi connectivity index (χ1v) is 21.2. The largest absolute Gasteiger partial charge is 0.481 e. The molecule has 284 valence electrons. The van der Waals surface area contributed by atoms with Crippen molar-refractivity contribution in [2.24, 2.45) is 46.3 Å². The number of fused-ring (bicyclic) bond motifs is 5. The van der Waals surface area contributed by atoms with E-state index in [1.54, 1.807) is 5.57 Å². The maximum absolute atomic E-state index is 10.3. The minimum atomic E-state index is -0.712. The van der Waals surface area contributed by atoms with Gasteiger partial charge in [-0.2, -0.15) is 0 Å². The predicted molar refractivity (Wildman–Crippen MR) is 215 cm³/mol. The molecule has 3 saturated carbocycles. The number of carboxylic acid groups (broad SMARTS) is 1. The Hall–Kier alpha value is -1.87. The van der Waals surface area contributed by atoms with E-state index in [-0.39, 0.29) is 12.5 Å². The van der Waals surface area contributed by atoms with Crippen LogP contribution in [0.3, 0.4) is 0 Å². The number of hydrogen-bond donors (Lipinski definition) is 2. The molecule has 0 aromatic heterocycles. The molecule has 2 N–H and O–H groups in total. The van der Waals surface area contributed by atoms with Gasteiger partial charge >= 0.3 is 5.97 Å². The number of carboxylic acids is 1. The Labute approximate surface area is 309 Å². The van der Waals surface area contributed by atoms with Crippen LogP contribution in [-0.4, -0.2) is 22.3 Å². The quantitative estimate of drug-likeness (QED) is 0.105. The standard InChI is InChI=1S/C27H46O.C20H32O2/c1-18(2)7-6-8-19(3)23-11-12-24-22-10-9-20-17-21(28)13-15-26(20,4)25(22)14-16-27(23,24)5;1-2-3-4-5-6-7-8-9-10-11-12-13-14-15-16-17-18-19-20(21)22/h9,18-19,21-25,28H,6-8,10-17H2,1-5H3;6-7,9-10,12-13,15-16H,2-5,8,11,14,17-19H2,1H3,(H,21,22)/b;7-6-,10-9-,13-12-,16-15-/t19?,21-,22-,23+,24-,25-,26-,27+;/m0./s1. The first kappa shape index (κ1) is 42.5. The molecule has 4 aliphatic carbocycles. The third-order valence-electron chi connectivity index (χ3n) is 13.5. The Balaban J connectivity index is 0.000000281. The predicted octanol–water partition coefficient (Wildman–Crippen LogP) is 13.6. The van der Waals surface area contributed by atoms with Gasteiger partial charge in [-0.1, -0.05) is 134 Å². The Morgan fingerprint density at radius 1 is 0.800 bits per heavy atom. The number of unbranched alkanes of at least 4 members (excludes halogenated alkanes) is 4. The van der Waals surface area contributed by atoms with Gasteiger partial charge in [0, 0.05) is 6.42 Å². The van der Waals surface area contributed by atoms with Gasteiger partial charge in [0.05, 0.1) is 6.10 Å². The zero-order valence-corrected chi connectivity index (χ0v) is 33.4. The summed E-state index contributed by atoms with van der Waals surface area (Å²) in [5, 5.41) is 18.7. The second kappa shape index (κ2) is 22.3. The van der Waals surface area contributed by atoms with E-state index in [1.807, 2.05) is 0 Å². The highest BCUT2D eigenvalue weighted by atomic mass is 16.4. The summed E-state index contributed by atoms with van der Waals surface area (Å²) in [6.07, 6.45) is 44.5. The number of aliphatic carboxylic acids is 1. The van der Waals surface area contributed by atoms with E-state index >= 15 is 0 Å². The van der Waals surface area contributed by atoms with Gasteiger partial charge in [0.2, 0.25) is 0 Å². The molecule has 0 radical (unpaired) electrons. The summed E-state index contributed by atoms with van der Waals surface area (Å²) in [5.74, 6) is 4.75. The van der Waals surface area contributed by atoms with E-state index in [0.29, 0.717) is 10.8 Å². The van der Waals surface area contributed by atoms with Crippen LogP contribution in [0.15, 0.2) is 60.3 Å². The van der Waals surface area contributed by atoms with Crippen molar-refractivity contribution >= 4 is 5.97 Å². The van der Waals surface area contributed by atoms with Crippen molar-refractivity contribution < 1.29 is 15.0 Å². The fourth-order valence-electron chi connectivity index (χ4n) is 10.6. The smallest absolute Gasteiger partial charge is 0.303 e. The van der Waals surface area contributed by atoms with Crippen LogP contribution in [0.1, 0.15) is 176 Å². The van der Waals surface area contributed by atoms with E-state index in [9.17, 15) is 9.90 Å². The van der Waals surface area contributed by atoms with Crippen molar-refractivity contribution in [3.63, 3.8) is 0 Å². The van der Waals surface area contributed by atoms with E-state index in [4.69, 9.17) is 5.11 Å². The molecule has 3 heteroatoms. The van der Waals surface area contributed by atoms with Gasteiger partial charge in [-0.25, -0.2) is 0 Å². The van der Waals surface area contributed by atoms with Gasteiger partial charge in [-0.15, -0.1) is 0 Å². The number of rotatable bonds is 19. The molecule has 4 rings (SSSR count). The molecule has 0 aliphatic heterocycles. The molecular formula is C47H78O3. The van der Waals surface area contributed by atoms with Crippen molar-refractivity contribution in [3.8, 4) is 0 Å². The van der Waals surface area contributed by atoms with E-state index in [1.165, 1.54) is 83.5 Å². The monoisotopic (exact) mass is 691 g/mol. The minimum absolute atomic E-state index is 0.0766. The van der Waals surface area contributed by atoms with Crippen LogP contribution < -0.4 is 0 Å². The fraction of sp³-hybridized carbons (Fsp3) is 0.766. The first-order valence-electron chi connectivity index (χ1n) is 21.2. The number of aliphatic hydroxyl groups excluding tert-OH is 1. The van der Waals surface area contributed by atoms with Crippen molar-refractivity contribution in [1.29, 1.82) is 0 Å². The molecule has 0 heterocycles. The molecule has 4 aliphatic rings. The highest BCUT2D eigenvalue weighted by Gasteiger charge is 2.59. The molecule has 0 amide bonds. The Morgan fingerprint density at radius 2 is 1.44 bits per heavy atom. The van der Waals surface area contributed by atoms with Crippen LogP contribution in [-0.2, 0) is 4.79 Å². The van der Waals surface area contributed by atoms with Gasteiger partial charge in [-0.3, -0.25) is 4.79 Å². The van der Waals surface area contributed by atoms with Crippen LogP contribution in [0.25, 0.3) is 0 Å². The van der Waals surface area contributed by atoms with Gasteiger partial charge in [0.1, 0.15) is 0 Å². The molecule has 8 atom stereocenters. The lowest BCUT2D eigenvalue weighted by Gasteiger charge is -2.58. The van der Waals surface area contributed by atoms with Crippen LogP contribution in [0.4, 0.5) is 0 Å². The number of aliphatic hydroxyl groups is 1. The molecule has 0 saturated heterocycles. The third-order valence-corrected chi connectivity index (χ3v) is 13.5. The third kappa shape index (κ3) is 13.0. The Kier molecular flexibility index (Phi) is 18.9. The molecule has 3 nitrogen and oxygen atoms in total. The summed E-state index contributed by atoms with van der Waals surface area (Å²) >= 11 is 0. The normalized spacial score (nSPS) is 31.5. The van der Waals surface area contributed by atoms with Gasteiger partial charge in [0.15, 0.2) is 0 Å². The number of allylic oxidation sites excluding steroid dienone is 9.